The molecule has 0 radical (unpaired) electrons. The van der Waals surface area contributed by atoms with E-state index in [0.29, 0.717) is 6.61 Å². The SMILES string of the molecule is COCC(Cl)CN(C)Cc1ccc(OC)c(OC)c1. The van der Waals surface area contributed by atoms with Crippen LogP contribution in [0.5, 0.6) is 11.5 Å². The minimum Gasteiger partial charge on any atom is -0.493 e. The Hall–Kier alpha value is -0.970. The summed E-state index contributed by atoms with van der Waals surface area (Å²) in [6.45, 7) is 2.12. The Kier molecular flexibility index (Phi) is 6.99. The van der Waals surface area contributed by atoms with Gasteiger partial charge in [0.25, 0.3) is 0 Å². The van der Waals surface area contributed by atoms with Crippen molar-refractivity contribution in [3.05, 3.63) is 23.8 Å². The Labute approximate surface area is 120 Å². The lowest BCUT2D eigenvalue weighted by atomic mass is 10.2. The molecule has 0 fully saturated rings. The standard InChI is InChI=1S/C14H22ClNO3/c1-16(9-12(15)10-17-2)8-11-5-6-13(18-3)14(7-11)19-4/h5-7,12H,8-10H2,1-4H3. The minimum atomic E-state index is -0.00450. The molecule has 1 atom stereocenters. The number of hydrogen-bond donors (Lipinski definition) is 0. The summed E-state index contributed by atoms with van der Waals surface area (Å²) in [6.07, 6.45) is 0. The van der Waals surface area contributed by atoms with Crippen molar-refractivity contribution in [2.75, 3.05) is 41.5 Å². The third kappa shape index (κ3) is 5.27. The van der Waals surface area contributed by atoms with Crippen molar-refractivity contribution in [3.63, 3.8) is 0 Å². The molecule has 4 nitrogen and oxygen atoms in total. The minimum absolute atomic E-state index is 0.00450. The Balaban J connectivity index is 2.61. The van der Waals surface area contributed by atoms with Crippen LogP contribution in [0.4, 0.5) is 0 Å². The van der Waals surface area contributed by atoms with Gasteiger partial charge >= 0.3 is 0 Å². The maximum absolute atomic E-state index is 6.14. The molecular formula is C14H22ClNO3. The molecule has 0 amide bonds. The van der Waals surface area contributed by atoms with Gasteiger partial charge in [-0.25, -0.2) is 0 Å². The summed E-state index contributed by atoms with van der Waals surface area (Å²) in [6, 6.07) is 5.92. The number of hydrogen-bond acceptors (Lipinski definition) is 4. The van der Waals surface area contributed by atoms with E-state index in [1.54, 1.807) is 21.3 Å². The van der Waals surface area contributed by atoms with E-state index in [1.165, 1.54) is 0 Å². The van der Waals surface area contributed by atoms with Crippen molar-refractivity contribution < 1.29 is 14.2 Å². The summed E-state index contributed by atoms with van der Waals surface area (Å²) in [5.74, 6) is 1.48. The highest BCUT2D eigenvalue weighted by Gasteiger charge is 2.10. The van der Waals surface area contributed by atoms with Crippen LogP contribution in [0.3, 0.4) is 0 Å². The first kappa shape index (κ1) is 16.1. The second-order valence-electron chi connectivity index (χ2n) is 4.44. The Morgan fingerprint density at radius 2 is 1.84 bits per heavy atom. The van der Waals surface area contributed by atoms with Crippen LogP contribution in [0, 0.1) is 0 Å². The quantitative estimate of drug-likeness (QED) is 0.687. The van der Waals surface area contributed by atoms with Gasteiger partial charge in [-0.15, -0.1) is 11.6 Å². The lowest BCUT2D eigenvalue weighted by Crippen LogP contribution is -2.28. The summed E-state index contributed by atoms with van der Waals surface area (Å²) in [5.41, 5.74) is 1.15. The Bertz CT molecular complexity index is 387. The molecule has 0 spiro atoms. The summed E-state index contributed by atoms with van der Waals surface area (Å²) in [4.78, 5) is 2.15. The van der Waals surface area contributed by atoms with Crippen LogP contribution in [0.15, 0.2) is 18.2 Å². The number of nitrogens with zero attached hydrogens (tertiary/aromatic N) is 1. The molecule has 0 N–H and O–H groups in total. The zero-order valence-electron chi connectivity index (χ0n) is 12.0. The molecule has 5 heteroatoms. The largest absolute Gasteiger partial charge is 0.493 e. The van der Waals surface area contributed by atoms with Crippen LogP contribution in [0.25, 0.3) is 0 Å². The van der Waals surface area contributed by atoms with E-state index in [2.05, 4.69) is 4.90 Å². The maximum Gasteiger partial charge on any atom is 0.161 e. The highest BCUT2D eigenvalue weighted by Crippen LogP contribution is 2.27. The Morgan fingerprint density at radius 1 is 1.16 bits per heavy atom. The molecule has 0 heterocycles. The van der Waals surface area contributed by atoms with E-state index in [0.717, 1.165) is 30.2 Å². The zero-order chi connectivity index (χ0) is 14.3. The van der Waals surface area contributed by atoms with Gasteiger partial charge in [0.2, 0.25) is 0 Å². The topological polar surface area (TPSA) is 30.9 Å². The van der Waals surface area contributed by atoms with E-state index in [9.17, 15) is 0 Å². The smallest absolute Gasteiger partial charge is 0.161 e. The van der Waals surface area contributed by atoms with Crippen LogP contribution in [0.1, 0.15) is 5.56 Å². The van der Waals surface area contributed by atoms with Crippen LogP contribution < -0.4 is 9.47 Å². The molecule has 0 aromatic heterocycles. The van der Waals surface area contributed by atoms with E-state index in [4.69, 9.17) is 25.8 Å². The van der Waals surface area contributed by atoms with E-state index in [-0.39, 0.29) is 5.38 Å². The molecule has 0 bridgehead atoms. The average molecular weight is 288 g/mol. The lowest BCUT2D eigenvalue weighted by Gasteiger charge is -2.20. The van der Waals surface area contributed by atoms with Gasteiger partial charge in [0, 0.05) is 20.2 Å². The number of alkyl halides is 1. The van der Waals surface area contributed by atoms with Crippen molar-refractivity contribution >= 4 is 11.6 Å². The predicted molar refractivity (Wildman–Crippen MR) is 77.4 cm³/mol. The summed E-state index contributed by atoms with van der Waals surface area (Å²) in [5, 5.41) is -0.00450. The fourth-order valence-corrected chi connectivity index (χ4v) is 2.29. The fraction of sp³-hybridized carbons (Fsp3) is 0.571. The maximum atomic E-state index is 6.14. The molecule has 19 heavy (non-hydrogen) atoms. The first-order valence-electron chi connectivity index (χ1n) is 6.13. The second-order valence-corrected chi connectivity index (χ2v) is 5.06. The van der Waals surface area contributed by atoms with E-state index < -0.39 is 0 Å². The van der Waals surface area contributed by atoms with Gasteiger partial charge in [-0.1, -0.05) is 6.07 Å². The molecule has 0 aliphatic heterocycles. The van der Waals surface area contributed by atoms with Crippen molar-refractivity contribution in [2.45, 2.75) is 11.9 Å². The third-order valence-electron chi connectivity index (χ3n) is 2.76. The summed E-state index contributed by atoms with van der Waals surface area (Å²) < 4.78 is 15.5. The van der Waals surface area contributed by atoms with Gasteiger partial charge < -0.3 is 19.1 Å². The van der Waals surface area contributed by atoms with Crippen LogP contribution in [-0.2, 0) is 11.3 Å². The van der Waals surface area contributed by atoms with Crippen molar-refractivity contribution in [1.29, 1.82) is 0 Å². The van der Waals surface area contributed by atoms with Crippen LogP contribution >= 0.6 is 11.6 Å². The lowest BCUT2D eigenvalue weighted by molar-refractivity contribution is 0.181. The van der Waals surface area contributed by atoms with Crippen LogP contribution in [0.2, 0.25) is 0 Å². The molecule has 0 saturated heterocycles. The first-order chi connectivity index (χ1) is 9.10. The average Bonchev–Trinajstić information content (AvgIpc) is 2.38. The van der Waals surface area contributed by atoms with E-state index >= 15 is 0 Å². The number of halogens is 1. The number of ether oxygens (including phenoxy) is 3. The van der Waals surface area contributed by atoms with E-state index in [1.807, 2.05) is 25.2 Å². The highest BCUT2D eigenvalue weighted by atomic mass is 35.5. The fourth-order valence-electron chi connectivity index (χ4n) is 1.93. The van der Waals surface area contributed by atoms with Gasteiger partial charge in [0.1, 0.15) is 0 Å². The third-order valence-corrected chi connectivity index (χ3v) is 3.02. The summed E-state index contributed by atoms with van der Waals surface area (Å²) in [7, 11) is 6.96. The van der Waals surface area contributed by atoms with Crippen molar-refractivity contribution in [1.82, 2.24) is 4.90 Å². The van der Waals surface area contributed by atoms with Crippen molar-refractivity contribution in [2.24, 2.45) is 0 Å². The number of benzene rings is 1. The molecule has 1 unspecified atom stereocenters. The molecule has 108 valence electrons. The number of rotatable bonds is 8. The molecule has 0 aliphatic carbocycles. The first-order valence-corrected chi connectivity index (χ1v) is 6.56. The molecule has 1 rings (SSSR count). The van der Waals surface area contributed by atoms with Crippen molar-refractivity contribution in [3.8, 4) is 11.5 Å². The predicted octanol–water partition coefficient (Wildman–Crippen LogP) is 2.39. The molecule has 1 aromatic rings. The summed E-state index contributed by atoms with van der Waals surface area (Å²) >= 11 is 6.14. The molecular weight excluding hydrogens is 266 g/mol. The monoisotopic (exact) mass is 287 g/mol. The van der Waals surface area contributed by atoms with Gasteiger partial charge in [0.05, 0.1) is 26.2 Å². The molecule has 1 aromatic carbocycles. The second kappa shape index (κ2) is 8.25. The highest BCUT2D eigenvalue weighted by molar-refractivity contribution is 6.20. The van der Waals surface area contributed by atoms with Crippen LogP contribution in [-0.4, -0.2) is 51.8 Å². The number of methoxy groups -OCH3 is 3. The van der Waals surface area contributed by atoms with Gasteiger partial charge in [-0.3, -0.25) is 0 Å². The molecule has 0 aliphatic rings. The normalized spacial score (nSPS) is 12.5. The van der Waals surface area contributed by atoms with Gasteiger partial charge in [0.15, 0.2) is 11.5 Å². The van der Waals surface area contributed by atoms with Gasteiger partial charge in [-0.2, -0.15) is 0 Å². The van der Waals surface area contributed by atoms with Gasteiger partial charge in [-0.05, 0) is 24.7 Å². The molecule has 0 saturated carbocycles. The Morgan fingerprint density at radius 3 is 2.42 bits per heavy atom. The zero-order valence-corrected chi connectivity index (χ0v) is 12.7.